The molecule has 4 aromatic carbocycles. The molecule has 0 radical (unpaired) electrons. The Balaban J connectivity index is 1.26. The lowest BCUT2D eigenvalue weighted by atomic mass is 9.77. The molecule has 0 spiro atoms. The number of hydrogen-bond donors (Lipinski definition) is 2. The van der Waals surface area contributed by atoms with E-state index in [0.29, 0.717) is 110 Å². The number of aryl methyl sites for hydroxylation is 2. The number of carbonyl (C=O) groups is 1. The summed E-state index contributed by atoms with van der Waals surface area (Å²) in [5, 5.41) is 31.5. The Morgan fingerprint density at radius 2 is 0.969 bits per heavy atom. The van der Waals surface area contributed by atoms with Crippen LogP contribution in [0.4, 0.5) is 26.3 Å². The SMILES string of the molecule is CCn1nnc(-c2ccc(Cc3c(OC(F)(F)F)ccc(C(=O)c4ccc(OC(F)(F)F)c(Cc5ccc(-c6nnn(CC)n6)cc5)c4C4CCNCC4)c3C3CCNCC3)cc2)n1. The predicted molar refractivity (Wildman–Crippen MR) is 223 cm³/mol. The molecule has 2 N–H and O–H groups in total. The van der Waals surface area contributed by atoms with Crippen LogP contribution in [0.15, 0.2) is 72.8 Å². The Morgan fingerprint density at radius 3 is 1.30 bits per heavy atom. The van der Waals surface area contributed by atoms with Gasteiger partial charge in [0.05, 0.1) is 13.1 Å². The van der Waals surface area contributed by atoms with Gasteiger partial charge < -0.3 is 20.1 Å². The summed E-state index contributed by atoms with van der Waals surface area (Å²) in [5.41, 5.74) is 4.16. The molecule has 13 nitrogen and oxygen atoms in total. The molecule has 0 bridgehead atoms. The first-order valence-electron chi connectivity index (χ1n) is 21.3. The number of alkyl halides is 6. The average molecular weight is 889 g/mol. The minimum atomic E-state index is -5.04. The van der Waals surface area contributed by atoms with Crippen molar-refractivity contribution in [3.63, 3.8) is 0 Å². The Morgan fingerprint density at radius 1 is 0.594 bits per heavy atom. The van der Waals surface area contributed by atoms with Gasteiger partial charge in [-0.2, -0.15) is 9.59 Å². The fourth-order valence-corrected chi connectivity index (χ4v) is 8.73. The lowest BCUT2D eigenvalue weighted by Crippen LogP contribution is -2.30. The molecular formula is C45H46F6N10O3. The summed E-state index contributed by atoms with van der Waals surface area (Å²) in [5.74, 6) is -1.29. The summed E-state index contributed by atoms with van der Waals surface area (Å²) in [6.45, 7) is 7.02. The van der Waals surface area contributed by atoms with Crippen LogP contribution < -0.4 is 20.1 Å². The van der Waals surface area contributed by atoms with Gasteiger partial charge >= 0.3 is 12.7 Å². The first-order valence-corrected chi connectivity index (χ1v) is 21.3. The second kappa shape index (κ2) is 18.9. The van der Waals surface area contributed by atoms with Crippen LogP contribution in [0.5, 0.6) is 11.5 Å². The quantitative estimate of drug-likeness (QED) is 0.0807. The van der Waals surface area contributed by atoms with Crippen molar-refractivity contribution in [2.45, 2.75) is 90.0 Å². The molecule has 0 amide bonds. The number of halogens is 6. The van der Waals surface area contributed by atoms with E-state index in [0.717, 1.165) is 0 Å². The molecule has 2 fully saturated rings. The third-order valence-corrected chi connectivity index (χ3v) is 11.7. The maximum atomic E-state index is 15.4. The summed E-state index contributed by atoms with van der Waals surface area (Å²) in [7, 11) is 0. The van der Waals surface area contributed by atoms with Crippen LogP contribution in [0.2, 0.25) is 0 Å². The molecule has 6 aromatic rings. The molecule has 2 aromatic heterocycles. The van der Waals surface area contributed by atoms with Crippen LogP contribution in [0.1, 0.15) is 101 Å². The third kappa shape index (κ3) is 10.3. The summed E-state index contributed by atoms with van der Waals surface area (Å²) in [4.78, 5) is 18.3. The molecular weight excluding hydrogens is 843 g/mol. The highest BCUT2D eigenvalue weighted by Crippen LogP contribution is 2.44. The van der Waals surface area contributed by atoms with Gasteiger partial charge in [0.1, 0.15) is 11.5 Å². The average Bonchev–Trinajstić information content (AvgIpc) is 3.98. The van der Waals surface area contributed by atoms with Crippen LogP contribution >= 0.6 is 0 Å². The van der Waals surface area contributed by atoms with Crippen molar-refractivity contribution in [3.8, 4) is 34.3 Å². The Hall–Kier alpha value is -6.21. The topological polar surface area (TPSA) is 147 Å². The maximum absolute atomic E-state index is 15.4. The van der Waals surface area contributed by atoms with E-state index in [1.807, 2.05) is 13.8 Å². The Labute approximate surface area is 364 Å². The maximum Gasteiger partial charge on any atom is 0.573 e. The van der Waals surface area contributed by atoms with E-state index in [1.165, 1.54) is 33.9 Å². The number of hydrogen-bond acceptors (Lipinski definition) is 11. The molecule has 2 aliphatic heterocycles. The predicted octanol–water partition coefficient (Wildman–Crippen LogP) is 8.18. The van der Waals surface area contributed by atoms with E-state index in [1.54, 1.807) is 48.5 Å². The monoisotopic (exact) mass is 888 g/mol. The van der Waals surface area contributed by atoms with Crippen molar-refractivity contribution in [2.24, 2.45) is 0 Å². The number of piperidine rings is 2. The molecule has 0 aliphatic carbocycles. The Kier molecular flexibility index (Phi) is 13.1. The van der Waals surface area contributed by atoms with Gasteiger partial charge in [0.25, 0.3) is 0 Å². The molecule has 2 aliphatic rings. The zero-order valence-electron chi connectivity index (χ0n) is 35.1. The number of aromatic nitrogens is 8. The standard InChI is InChI=1S/C45H46F6N10O3/c1-3-60-56-42(54-58-60)31-9-5-27(6-10-31)25-35-37(63-44(46,47)48)15-13-33(39(35)29-17-21-52-22-18-29)41(62)34-14-16-38(64-45(49,50)51)36(40(34)30-19-23-53-24-20-30)26-28-7-11-32(12-8-28)43-55-59-61(4-2)57-43/h5-16,29-30,52-53H,3-4,17-26H2,1-2H3. The molecule has 64 heavy (non-hydrogen) atoms. The van der Waals surface area contributed by atoms with Crippen molar-refractivity contribution in [1.29, 1.82) is 0 Å². The second-order valence-corrected chi connectivity index (χ2v) is 15.8. The fraction of sp³-hybridized carbons (Fsp3) is 0.400. The van der Waals surface area contributed by atoms with Crippen LogP contribution in [0, 0.1) is 0 Å². The highest BCUT2D eigenvalue weighted by molar-refractivity contribution is 6.11. The molecule has 4 heterocycles. The summed E-state index contributed by atoms with van der Waals surface area (Å²) in [6, 6.07) is 19.2. The van der Waals surface area contributed by atoms with Crippen LogP contribution in [-0.2, 0) is 25.9 Å². The highest BCUT2D eigenvalue weighted by atomic mass is 19.4. The molecule has 0 atom stereocenters. The van der Waals surface area contributed by atoms with Gasteiger partial charge in [0, 0.05) is 46.2 Å². The second-order valence-electron chi connectivity index (χ2n) is 15.8. The number of rotatable bonds is 14. The van der Waals surface area contributed by atoms with Gasteiger partial charge in [-0.25, -0.2) is 0 Å². The normalized spacial score (nSPS) is 15.4. The van der Waals surface area contributed by atoms with Crippen molar-refractivity contribution in [3.05, 3.63) is 117 Å². The van der Waals surface area contributed by atoms with E-state index in [4.69, 9.17) is 9.47 Å². The van der Waals surface area contributed by atoms with E-state index in [2.05, 4.69) is 41.5 Å². The summed E-state index contributed by atoms with van der Waals surface area (Å²) < 4.78 is 94.4. The molecule has 19 heteroatoms. The summed E-state index contributed by atoms with van der Waals surface area (Å²) >= 11 is 0. The smallest absolute Gasteiger partial charge is 0.405 e. The number of benzene rings is 4. The number of ketones is 1. The molecule has 0 saturated carbocycles. The lowest BCUT2D eigenvalue weighted by molar-refractivity contribution is -0.275. The van der Waals surface area contributed by atoms with Gasteiger partial charge in [0.15, 0.2) is 5.78 Å². The minimum Gasteiger partial charge on any atom is -0.405 e. The van der Waals surface area contributed by atoms with Gasteiger partial charge in [-0.15, -0.1) is 46.7 Å². The van der Waals surface area contributed by atoms with Crippen molar-refractivity contribution >= 4 is 5.78 Å². The van der Waals surface area contributed by atoms with Crippen LogP contribution in [-0.4, -0.2) is 85.1 Å². The zero-order chi connectivity index (χ0) is 45.0. The van der Waals surface area contributed by atoms with Crippen LogP contribution in [0.3, 0.4) is 0 Å². The lowest BCUT2D eigenvalue weighted by Gasteiger charge is -2.31. The zero-order valence-corrected chi connectivity index (χ0v) is 35.1. The van der Waals surface area contributed by atoms with Gasteiger partial charge in [-0.3, -0.25) is 4.79 Å². The number of ether oxygens (including phenoxy) is 2. The van der Waals surface area contributed by atoms with Crippen LogP contribution in [0.25, 0.3) is 22.8 Å². The van der Waals surface area contributed by atoms with Gasteiger partial charge in [-0.1, -0.05) is 48.5 Å². The molecule has 0 unspecified atom stereocenters. The number of nitrogens with one attached hydrogen (secondary N) is 2. The van der Waals surface area contributed by atoms with Crippen molar-refractivity contribution in [2.75, 3.05) is 26.2 Å². The number of tetrazole rings is 2. The highest BCUT2D eigenvalue weighted by Gasteiger charge is 2.38. The Bertz CT molecular complexity index is 2390. The largest absolute Gasteiger partial charge is 0.573 e. The van der Waals surface area contributed by atoms with E-state index < -0.39 is 30.0 Å². The van der Waals surface area contributed by atoms with E-state index in [9.17, 15) is 26.3 Å². The third-order valence-electron chi connectivity index (χ3n) is 11.7. The summed E-state index contributed by atoms with van der Waals surface area (Å²) in [6.07, 6.45) is -8.05. The molecule has 8 rings (SSSR count). The van der Waals surface area contributed by atoms with E-state index >= 15 is 4.79 Å². The molecule has 336 valence electrons. The number of carbonyl (C=O) groups excluding carboxylic acids is 1. The van der Waals surface area contributed by atoms with E-state index in [-0.39, 0.29) is 46.9 Å². The molecule has 2 saturated heterocycles. The van der Waals surface area contributed by atoms with Gasteiger partial charge in [0.2, 0.25) is 11.6 Å². The van der Waals surface area contributed by atoms with Gasteiger partial charge in [-0.05, 0) is 134 Å². The van der Waals surface area contributed by atoms with Crippen molar-refractivity contribution < 1.29 is 40.6 Å². The minimum absolute atomic E-state index is 0.0216. The van der Waals surface area contributed by atoms with Crippen molar-refractivity contribution in [1.82, 2.24) is 51.0 Å². The number of nitrogens with zero attached hydrogens (tertiary/aromatic N) is 8. The fourth-order valence-electron chi connectivity index (χ4n) is 8.73. The first kappa shape index (κ1) is 44.4. The first-order chi connectivity index (χ1) is 30.8.